The van der Waals surface area contributed by atoms with Crippen molar-refractivity contribution in [2.24, 2.45) is 4.99 Å². The molecule has 1 saturated heterocycles. The molecule has 4 rings (SSSR count). The molecule has 0 saturated carbocycles. The standard InChI is InChI=1S/C21H21FN2O/c1-25-20-10-3-2-9-19(20)23-21-14-16(13-18-8-5-11-24(18)21)15-6-4-7-17(22)12-15/h2-4,6-7,9-10,12,14,18H,5,8,11,13H2,1H3/t18-/m0/s1. The maximum Gasteiger partial charge on any atom is 0.144 e. The summed E-state index contributed by atoms with van der Waals surface area (Å²) < 4.78 is 19.1. The van der Waals surface area contributed by atoms with Gasteiger partial charge in [-0.05, 0) is 60.7 Å². The lowest BCUT2D eigenvalue weighted by atomic mass is 9.93. The van der Waals surface area contributed by atoms with E-state index in [1.165, 1.54) is 12.5 Å². The fourth-order valence-corrected chi connectivity index (χ4v) is 3.73. The van der Waals surface area contributed by atoms with Crippen molar-refractivity contribution in [3.63, 3.8) is 0 Å². The third-order valence-corrected chi connectivity index (χ3v) is 4.95. The summed E-state index contributed by atoms with van der Waals surface area (Å²) >= 11 is 0. The number of aliphatic imine (C=N–C) groups is 1. The van der Waals surface area contributed by atoms with E-state index >= 15 is 0 Å². The summed E-state index contributed by atoms with van der Waals surface area (Å²) in [7, 11) is 1.66. The topological polar surface area (TPSA) is 24.8 Å². The Morgan fingerprint density at radius 3 is 2.88 bits per heavy atom. The van der Waals surface area contributed by atoms with Crippen molar-refractivity contribution in [1.82, 2.24) is 4.90 Å². The maximum atomic E-state index is 13.6. The number of nitrogens with zero attached hydrogens (tertiary/aromatic N) is 2. The van der Waals surface area contributed by atoms with Crippen LogP contribution in [0.4, 0.5) is 10.1 Å². The molecule has 0 aliphatic carbocycles. The molecule has 4 heteroatoms. The van der Waals surface area contributed by atoms with E-state index in [1.807, 2.05) is 30.3 Å². The highest BCUT2D eigenvalue weighted by Crippen LogP contribution is 2.35. The molecule has 2 aromatic carbocycles. The van der Waals surface area contributed by atoms with E-state index in [4.69, 9.17) is 9.73 Å². The van der Waals surface area contributed by atoms with Crippen molar-refractivity contribution in [2.45, 2.75) is 25.3 Å². The predicted octanol–water partition coefficient (Wildman–Crippen LogP) is 4.82. The number of hydrogen-bond donors (Lipinski definition) is 0. The van der Waals surface area contributed by atoms with Gasteiger partial charge in [0.05, 0.1) is 7.11 Å². The van der Waals surface area contributed by atoms with E-state index in [2.05, 4.69) is 11.0 Å². The summed E-state index contributed by atoms with van der Waals surface area (Å²) in [5, 5.41) is 0. The minimum atomic E-state index is -0.199. The van der Waals surface area contributed by atoms with Crippen molar-refractivity contribution in [2.75, 3.05) is 13.7 Å². The number of rotatable bonds is 3. The predicted molar refractivity (Wildman–Crippen MR) is 98.8 cm³/mol. The normalized spacial score (nSPS) is 21.2. The van der Waals surface area contributed by atoms with Crippen LogP contribution < -0.4 is 4.74 Å². The third kappa shape index (κ3) is 3.16. The molecular formula is C21H21FN2O. The third-order valence-electron chi connectivity index (χ3n) is 4.95. The summed E-state index contributed by atoms with van der Waals surface area (Å²) in [6.07, 6.45) is 5.36. The first-order chi connectivity index (χ1) is 12.2. The van der Waals surface area contributed by atoms with Gasteiger partial charge in [-0.1, -0.05) is 24.3 Å². The molecule has 128 valence electrons. The minimum Gasteiger partial charge on any atom is -0.494 e. The van der Waals surface area contributed by atoms with Crippen LogP contribution in [0, 0.1) is 5.82 Å². The van der Waals surface area contributed by atoms with E-state index in [0.717, 1.165) is 47.8 Å². The highest BCUT2D eigenvalue weighted by Gasteiger charge is 2.31. The van der Waals surface area contributed by atoms with E-state index in [9.17, 15) is 4.39 Å². The Kier molecular flexibility index (Phi) is 4.26. The molecule has 3 nitrogen and oxygen atoms in total. The molecule has 0 amide bonds. The lowest BCUT2D eigenvalue weighted by Crippen LogP contribution is -2.37. The van der Waals surface area contributed by atoms with Crippen LogP contribution in [0.3, 0.4) is 0 Å². The van der Waals surface area contributed by atoms with Gasteiger partial charge in [0.15, 0.2) is 0 Å². The molecule has 1 atom stereocenters. The van der Waals surface area contributed by atoms with Gasteiger partial charge < -0.3 is 9.64 Å². The lowest BCUT2D eigenvalue weighted by molar-refractivity contribution is 0.389. The second kappa shape index (κ2) is 6.71. The Bertz CT molecular complexity index is 843. The first-order valence-electron chi connectivity index (χ1n) is 8.69. The highest BCUT2D eigenvalue weighted by atomic mass is 19.1. The SMILES string of the molecule is COc1ccccc1N=C1C=C(c2cccc(F)c2)C[C@@H]2CCCN12. The Labute approximate surface area is 147 Å². The number of methoxy groups -OCH3 is 1. The lowest BCUT2D eigenvalue weighted by Gasteiger charge is -2.32. The Balaban J connectivity index is 1.78. The number of fused-ring (bicyclic) bond motifs is 1. The fraction of sp³-hybridized carbons (Fsp3) is 0.286. The first-order valence-corrected chi connectivity index (χ1v) is 8.69. The summed E-state index contributed by atoms with van der Waals surface area (Å²) in [4.78, 5) is 7.25. The minimum absolute atomic E-state index is 0.199. The van der Waals surface area contributed by atoms with Crippen LogP contribution >= 0.6 is 0 Å². The van der Waals surface area contributed by atoms with Gasteiger partial charge in [-0.2, -0.15) is 0 Å². The molecule has 0 unspecified atom stereocenters. The van der Waals surface area contributed by atoms with Gasteiger partial charge in [0, 0.05) is 12.6 Å². The van der Waals surface area contributed by atoms with Crippen molar-refractivity contribution >= 4 is 17.1 Å². The molecule has 2 heterocycles. The summed E-state index contributed by atoms with van der Waals surface area (Å²) in [5.74, 6) is 1.50. The number of halogens is 1. The maximum absolute atomic E-state index is 13.6. The molecule has 0 radical (unpaired) electrons. The summed E-state index contributed by atoms with van der Waals surface area (Å²) in [6.45, 7) is 1.02. The van der Waals surface area contributed by atoms with Crippen LogP contribution in [-0.2, 0) is 0 Å². The van der Waals surface area contributed by atoms with Gasteiger partial charge in [0.2, 0.25) is 0 Å². The zero-order valence-corrected chi connectivity index (χ0v) is 14.3. The van der Waals surface area contributed by atoms with Gasteiger partial charge in [-0.25, -0.2) is 9.38 Å². The van der Waals surface area contributed by atoms with Crippen LogP contribution in [0.25, 0.3) is 5.57 Å². The Morgan fingerprint density at radius 1 is 1.16 bits per heavy atom. The van der Waals surface area contributed by atoms with Gasteiger partial charge in [-0.15, -0.1) is 0 Å². The van der Waals surface area contributed by atoms with Gasteiger partial charge >= 0.3 is 0 Å². The second-order valence-electron chi connectivity index (χ2n) is 6.52. The average molecular weight is 336 g/mol. The summed E-state index contributed by atoms with van der Waals surface area (Å²) in [5.41, 5.74) is 2.91. The van der Waals surface area contributed by atoms with Gasteiger partial charge in [0.1, 0.15) is 23.1 Å². The van der Waals surface area contributed by atoms with Crippen LogP contribution in [0.1, 0.15) is 24.8 Å². The molecule has 2 aromatic rings. The van der Waals surface area contributed by atoms with Crippen LogP contribution in [-0.4, -0.2) is 30.4 Å². The van der Waals surface area contributed by atoms with Crippen LogP contribution in [0.2, 0.25) is 0 Å². The van der Waals surface area contributed by atoms with Crippen LogP contribution in [0.5, 0.6) is 5.75 Å². The molecule has 0 N–H and O–H groups in total. The van der Waals surface area contributed by atoms with E-state index in [-0.39, 0.29) is 5.82 Å². The number of ether oxygens (including phenoxy) is 1. The molecule has 0 bridgehead atoms. The van der Waals surface area contributed by atoms with Gasteiger partial charge in [-0.3, -0.25) is 0 Å². The molecule has 0 aromatic heterocycles. The van der Waals surface area contributed by atoms with Crippen molar-refractivity contribution < 1.29 is 9.13 Å². The second-order valence-corrected chi connectivity index (χ2v) is 6.52. The largest absolute Gasteiger partial charge is 0.494 e. The molecule has 1 fully saturated rings. The monoisotopic (exact) mass is 336 g/mol. The molecule has 2 aliphatic rings. The molecular weight excluding hydrogens is 315 g/mol. The smallest absolute Gasteiger partial charge is 0.144 e. The highest BCUT2D eigenvalue weighted by molar-refractivity contribution is 6.03. The van der Waals surface area contributed by atoms with Crippen molar-refractivity contribution in [3.05, 3.63) is 66.0 Å². The fourth-order valence-electron chi connectivity index (χ4n) is 3.73. The zero-order chi connectivity index (χ0) is 17.2. The molecule has 0 spiro atoms. The Morgan fingerprint density at radius 2 is 2.04 bits per heavy atom. The van der Waals surface area contributed by atoms with Crippen molar-refractivity contribution in [3.8, 4) is 5.75 Å². The quantitative estimate of drug-likeness (QED) is 0.803. The first kappa shape index (κ1) is 15.9. The van der Waals surface area contributed by atoms with Crippen LogP contribution in [0.15, 0.2) is 59.6 Å². The van der Waals surface area contributed by atoms with Crippen molar-refractivity contribution in [1.29, 1.82) is 0 Å². The molecule has 2 aliphatic heterocycles. The zero-order valence-electron chi connectivity index (χ0n) is 14.3. The number of hydrogen-bond acceptors (Lipinski definition) is 2. The molecule has 25 heavy (non-hydrogen) atoms. The number of para-hydroxylation sites is 2. The van der Waals surface area contributed by atoms with Gasteiger partial charge in [0.25, 0.3) is 0 Å². The number of benzene rings is 2. The summed E-state index contributed by atoms with van der Waals surface area (Å²) in [6, 6.07) is 15.1. The van der Waals surface area contributed by atoms with E-state index in [0.29, 0.717) is 6.04 Å². The Hall–Kier alpha value is -2.62. The average Bonchev–Trinajstić information content (AvgIpc) is 3.11. The number of amidine groups is 1. The van der Waals surface area contributed by atoms with E-state index < -0.39 is 0 Å². The van der Waals surface area contributed by atoms with E-state index in [1.54, 1.807) is 19.2 Å².